The second-order valence-electron chi connectivity index (χ2n) is 6.86. The predicted molar refractivity (Wildman–Crippen MR) is 118 cm³/mol. The molecule has 0 saturated heterocycles. The number of aryl methyl sites for hydroxylation is 1. The summed E-state index contributed by atoms with van der Waals surface area (Å²) in [5.41, 5.74) is 0.771. The minimum Gasteiger partial charge on any atom is -0.492 e. The maximum absolute atomic E-state index is 6.36. The van der Waals surface area contributed by atoms with Crippen molar-refractivity contribution in [3.05, 3.63) is 54.1 Å². The lowest BCUT2D eigenvalue weighted by Gasteiger charge is -2.11. The van der Waals surface area contributed by atoms with Gasteiger partial charge in [-0.2, -0.15) is 5.10 Å². The lowest BCUT2D eigenvalue weighted by Crippen LogP contribution is -2.79. The Hall–Kier alpha value is -3.43. The molecule has 3 N–H and O–H groups in total. The van der Waals surface area contributed by atoms with E-state index >= 15 is 0 Å². The van der Waals surface area contributed by atoms with E-state index in [2.05, 4.69) is 30.7 Å². The van der Waals surface area contributed by atoms with Crippen LogP contribution in [0.5, 0.6) is 17.4 Å². The first-order valence-electron chi connectivity index (χ1n) is 9.88. The molecule has 0 atom stereocenters. The van der Waals surface area contributed by atoms with E-state index in [-0.39, 0.29) is 0 Å². The number of quaternary nitrogens is 1. The third-order valence-corrected chi connectivity index (χ3v) is 4.74. The van der Waals surface area contributed by atoms with Gasteiger partial charge in [-0.05, 0) is 18.2 Å². The van der Waals surface area contributed by atoms with E-state index in [0.29, 0.717) is 40.6 Å². The van der Waals surface area contributed by atoms with Gasteiger partial charge in [-0.1, -0.05) is 11.6 Å². The van der Waals surface area contributed by atoms with Gasteiger partial charge in [0.05, 0.1) is 31.9 Å². The van der Waals surface area contributed by atoms with Crippen LogP contribution in [-0.2, 0) is 7.05 Å². The first-order valence-corrected chi connectivity index (χ1v) is 10.3. The Bertz CT molecular complexity index is 1180. The minimum absolute atomic E-state index is 0.298. The Morgan fingerprint density at radius 1 is 1.13 bits per heavy atom. The second-order valence-corrected chi connectivity index (χ2v) is 7.27. The molecule has 0 saturated carbocycles. The van der Waals surface area contributed by atoms with Gasteiger partial charge in [0.25, 0.3) is 0 Å². The zero-order chi connectivity index (χ0) is 21.6. The number of pyridine rings is 1. The molecule has 31 heavy (non-hydrogen) atoms. The van der Waals surface area contributed by atoms with Gasteiger partial charge in [0.2, 0.25) is 5.88 Å². The SMILES string of the molecule is C[NH2+]CCCOc1cnc(Oc2ccc3ncnc(Nc4ccn(C)n4)c3c2)c(Cl)c1. The molecule has 0 amide bonds. The summed E-state index contributed by atoms with van der Waals surface area (Å²) in [6.45, 7) is 1.62. The average Bonchev–Trinajstić information content (AvgIpc) is 3.18. The number of benzene rings is 1. The molecule has 0 aliphatic carbocycles. The zero-order valence-electron chi connectivity index (χ0n) is 17.2. The van der Waals surface area contributed by atoms with Gasteiger partial charge in [-0.25, -0.2) is 15.0 Å². The smallest absolute Gasteiger partial charge is 0.238 e. The monoisotopic (exact) mass is 440 g/mol. The molecular weight excluding hydrogens is 418 g/mol. The number of fused-ring (bicyclic) bond motifs is 1. The van der Waals surface area contributed by atoms with Crippen molar-refractivity contribution in [2.75, 3.05) is 25.5 Å². The van der Waals surface area contributed by atoms with Crippen LogP contribution in [0.2, 0.25) is 5.02 Å². The van der Waals surface area contributed by atoms with Crippen molar-refractivity contribution in [2.24, 2.45) is 7.05 Å². The molecule has 0 spiro atoms. The van der Waals surface area contributed by atoms with Crippen molar-refractivity contribution in [2.45, 2.75) is 6.42 Å². The summed E-state index contributed by atoms with van der Waals surface area (Å²) in [6, 6.07) is 9.07. The van der Waals surface area contributed by atoms with Crippen molar-refractivity contribution in [3.8, 4) is 17.4 Å². The van der Waals surface area contributed by atoms with Gasteiger partial charge in [0, 0.05) is 37.2 Å². The molecule has 160 valence electrons. The minimum atomic E-state index is 0.298. The van der Waals surface area contributed by atoms with E-state index < -0.39 is 0 Å². The standard InChI is InChI=1S/C21H22ClN7O2/c1-23-7-3-9-30-15-11-17(22)21(24-12-15)31-14-4-5-18-16(10-14)20(26-13-25-18)27-19-6-8-29(2)28-19/h4-6,8,10-13,23H,3,7,9H2,1-2H3,(H,25,26,27,28)/p+1. The van der Waals surface area contributed by atoms with Crippen molar-refractivity contribution < 1.29 is 14.8 Å². The Morgan fingerprint density at radius 2 is 2.03 bits per heavy atom. The van der Waals surface area contributed by atoms with E-state index in [1.807, 2.05) is 44.6 Å². The van der Waals surface area contributed by atoms with Crippen LogP contribution in [-0.4, -0.2) is 44.9 Å². The predicted octanol–water partition coefficient (Wildman–Crippen LogP) is 2.91. The van der Waals surface area contributed by atoms with Crippen molar-refractivity contribution in [1.82, 2.24) is 24.7 Å². The molecule has 3 aromatic heterocycles. The number of nitrogens with zero attached hydrogens (tertiary/aromatic N) is 5. The van der Waals surface area contributed by atoms with E-state index in [9.17, 15) is 0 Å². The van der Waals surface area contributed by atoms with Gasteiger partial charge in [-0.15, -0.1) is 0 Å². The number of hydrogen-bond acceptors (Lipinski definition) is 7. The molecule has 9 nitrogen and oxygen atoms in total. The fourth-order valence-electron chi connectivity index (χ4n) is 2.95. The highest BCUT2D eigenvalue weighted by Gasteiger charge is 2.11. The molecule has 0 fully saturated rings. The number of nitrogens with two attached hydrogens (primary N) is 1. The Labute approximate surface area is 184 Å². The summed E-state index contributed by atoms with van der Waals surface area (Å²) in [4.78, 5) is 13.0. The van der Waals surface area contributed by atoms with Crippen LogP contribution < -0.4 is 20.1 Å². The van der Waals surface area contributed by atoms with Crippen LogP contribution in [0, 0.1) is 0 Å². The van der Waals surface area contributed by atoms with Gasteiger partial charge in [0.15, 0.2) is 5.82 Å². The highest BCUT2D eigenvalue weighted by Crippen LogP contribution is 2.32. The molecular formula is C21H23ClN7O2+. The van der Waals surface area contributed by atoms with E-state index in [0.717, 1.165) is 23.9 Å². The van der Waals surface area contributed by atoms with Crippen molar-refractivity contribution >= 4 is 34.1 Å². The number of rotatable bonds is 9. The second kappa shape index (κ2) is 9.59. The van der Waals surface area contributed by atoms with E-state index in [4.69, 9.17) is 21.1 Å². The number of ether oxygens (including phenoxy) is 2. The molecule has 4 rings (SSSR count). The molecule has 0 unspecified atom stereocenters. The maximum Gasteiger partial charge on any atom is 0.238 e. The maximum atomic E-state index is 6.36. The van der Waals surface area contributed by atoms with Crippen molar-refractivity contribution in [3.63, 3.8) is 0 Å². The molecule has 1 aromatic carbocycles. The van der Waals surface area contributed by atoms with E-state index in [1.54, 1.807) is 16.9 Å². The largest absolute Gasteiger partial charge is 0.492 e. The fraction of sp³-hybridized carbons (Fsp3) is 0.238. The van der Waals surface area contributed by atoms with Crippen LogP contribution in [0.4, 0.5) is 11.6 Å². The normalized spacial score (nSPS) is 10.9. The first kappa shape index (κ1) is 20.8. The Balaban J connectivity index is 1.52. The topological polar surface area (TPSA) is 104 Å². The summed E-state index contributed by atoms with van der Waals surface area (Å²) in [5, 5.41) is 10.8. The molecule has 0 aliphatic rings. The quantitative estimate of drug-likeness (QED) is 0.385. The summed E-state index contributed by atoms with van der Waals surface area (Å²) in [5.74, 6) is 2.79. The molecule has 3 heterocycles. The van der Waals surface area contributed by atoms with Gasteiger partial charge >= 0.3 is 0 Å². The van der Waals surface area contributed by atoms with Crippen LogP contribution >= 0.6 is 11.6 Å². The number of nitrogens with one attached hydrogen (secondary N) is 1. The van der Waals surface area contributed by atoms with Crippen LogP contribution in [0.3, 0.4) is 0 Å². The Morgan fingerprint density at radius 3 is 2.81 bits per heavy atom. The average molecular weight is 441 g/mol. The summed E-state index contributed by atoms with van der Waals surface area (Å²) < 4.78 is 13.3. The number of anilines is 2. The summed E-state index contributed by atoms with van der Waals surface area (Å²) >= 11 is 6.36. The van der Waals surface area contributed by atoms with Crippen LogP contribution in [0.15, 0.2) is 49.1 Å². The number of halogens is 1. The third kappa shape index (κ3) is 5.19. The summed E-state index contributed by atoms with van der Waals surface area (Å²) in [6.07, 6.45) is 5.91. The highest BCUT2D eigenvalue weighted by molar-refractivity contribution is 6.32. The molecule has 0 radical (unpaired) electrons. The molecule has 10 heteroatoms. The molecule has 4 aromatic rings. The van der Waals surface area contributed by atoms with Crippen LogP contribution in [0.1, 0.15) is 6.42 Å². The third-order valence-electron chi connectivity index (χ3n) is 4.47. The lowest BCUT2D eigenvalue weighted by atomic mass is 10.2. The lowest BCUT2D eigenvalue weighted by molar-refractivity contribution is -0.627. The van der Waals surface area contributed by atoms with Crippen LogP contribution in [0.25, 0.3) is 10.9 Å². The number of hydrogen-bond donors (Lipinski definition) is 2. The van der Waals surface area contributed by atoms with Gasteiger partial charge in [-0.3, -0.25) is 4.68 Å². The van der Waals surface area contributed by atoms with Gasteiger partial charge < -0.3 is 20.1 Å². The zero-order valence-corrected chi connectivity index (χ0v) is 18.0. The molecule has 0 aliphatic heterocycles. The molecule has 0 bridgehead atoms. The number of aromatic nitrogens is 5. The van der Waals surface area contributed by atoms with Gasteiger partial charge in [0.1, 0.15) is 28.7 Å². The highest BCUT2D eigenvalue weighted by atomic mass is 35.5. The first-order chi connectivity index (χ1) is 15.1. The van der Waals surface area contributed by atoms with Crippen molar-refractivity contribution in [1.29, 1.82) is 0 Å². The summed E-state index contributed by atoms with van der Waals surface area (Å²) in [7, 11) is 3.88. The Kier molecular flexibility index (Phi) is 6.44. The fourth-order valence-corrected chi connectivity index (χ4v) is 3.15. The van der Waals surface area contributed by atoms with E-state index in [1.165, 1.54) is 6.33 Å².